The molecular formula is C15H14O2. The SMILES string of the molecule is COc1c(C=O)cccc1-c1ccccc1C. The second-order valence-electron chi connectivity index (χ2n) is 3.86. The predicted octanol–water partition coefficient (Wildman–Crippen LogP) is 3.48. The molecule has 0 aromatic heterocycles. The van der Waals surface area contributed by atoms with Crippen LogP contribution in [-0.2, 0) is 0 Å². The third kappa shape index (κ3) is 2.07. The van der Waals surface area contributed by atoms with Gasteiger partial charge in [0.1, 0.15) is 5.75 Å². The average molecular weight is 226 g/mol. The van der Waals surface area contributed by atoms with Crippen molar-refractivity contribution in [2.75, 3.05) is 7.11 Å². The molecule has 0 unspecified atom stereocenters. The van der Waals surface area contributed by atoms with Crippen LogP contribution in [0.2, 0.25) is 0 Å². The molecule has 2 rings (SSSR count). The molecule has 0 atom stereocenters. The van der Waals surface area contributed by atoms with Gasteiger partial charge in [0.15, 0.2) is 6.29 Å². The van der Waals surface area contributed by atoms with Gasteiger partial charge < -0.3 is 4.74 Å². The molecule has 86 valence electrons. The van der Waals surface area contributed by atoms with Crippen molar-refractivity contribution in [2.45, 2.75) is 6.92 Å². The fraction of sp³-hybridized carbons (Fsp3) is 0.133. The number of carbonyl (C=O) groups is 1. The van der Waals surface area contributed by atoms with Crippen LogP contribution in [0.4, 0.5) is 0 Å². The third-order valence-corrected chi connectivity index (χ3v) is 2.81. The Hall–Kier alpha value is -2.09. The maximum absolute atomic E-state index is 11.0. The minimum Gasteiger partial charge on any atom is -0.495 e. The summed E-state index contributed by atoms with van der Waals surface area (Å²) in [7, 11) is 1.59. The van der Waals surface area contributed by atoms with E-state index in [0.29, 0.717) is 11.3 Å². The van der Waals surface area contributed by atoms with Crippen LogP contribution in [0, 0.1) is 6.92 Å². The molecular weight excluding hydrogens is 212 g/mol. The molecule has 0 bridgehead atoms. The molecule has 0 saturated heterocycles. The van der Waals surface area contributed by atoms with Crippen LogP contribution >= 0.6 is 0 Å². The first kappa shape index (κ1) is 11.4. The number of hydrogen-bond acceptors (Lipinski definition) is 2. The van der Waals surface area contributed by atoms with Crippen molar-refractivity contribution in [1.29, 1.82) is 0 Å². The van der Waals surface area contributed by atoms with Crippen LogP contribution in [0.1, 0.15) is 15.9 Å². The Balaban J connectivity index is 2.67. The van der Waals surface area contributed by atoms with E-state index in [4.69, 9.17) is 4.74 Å². The second kappa shape index (κ2) is 4.83. The molecule has 2 nitrogen and oxygen atoms in total. The Kier molecular flexibility index (Phi) is 3.24. The fourth-order valence-corrected chi connectivity index (χ4v) is 1.96. The number of methoxy groups -OCH3 is 1. The topological polar surface area (TPSA) is 26.3 Å². The van der Waals surface area contributed by atoms with Gasteiger partial charge in [-0.3, -0.25) is 4.79 Å². The Labute approximate surface area is 101 Å². The lowest BCUT2D eigenvalue weighted by molar-refractivity contribution is 0.112. The van der Waals surface area contributed by atoms with Crippen molar-refractivity contribution in [3.8, 4) is 16.9 Å². The van der Waals surface area contributed by atoms with Crippen LogP contribution in [-0.4, -0.2) is 13.4 Å². The van der Waals surface area contributed by atoms with Gasteiger partial charge in [0.05, 0.1) is 12.7 Å². The summed E-state index contributed by atoms with van der Waals surface area (Å²) in [4.78, 5) is 11.0. The van der Waals surface area contributed by atoms with Crippen molar-refractivity contribution in [2.24, 2.45) is 0 Å². The number of ether oxygens (including phenoxy) is 1. The Morgan fingerprint density at radius 2 is 1.71 bits per heavy atom. The summed E-state index contributed by atoms with van der Waals surface area (Å²) in [5.74, 6) is 0.636. The van der Waals surface area contributed by atoms with E-state index in [-0.39, 0.29) is 0 Å². The van der Waals surface area contributed by atoms with Gasteiger partial charge in [0, 0.05) is 5.56 Å². The van der Waals surface area contributed by atoms with Gasteiger partial charge in [0.2, 0.25) is 0 Å². The predicted molar refractivity (Wildman–Crippen MR) is 68.6 cm³/mol. The van der Waals surface area contributed by atoms with Crippen molar-refractivity contribution in [3.05, 3.63) is 53.6 Å². The summed E-state index contributed by atoms with van der Waals surface area (Å²) in [6, 6.07) is 13.6. The lowest BCUT2D eigenvalue weighted by Gasteiger charge is -2.12. The first-order valence-corrected chi connectivity index (χ1v) is 5.46. The zero-order valence-electron chi connectivity index (χ0n) is 9.94. The van der Waals surface area contributed by atoms with Crippen LogP contribution in [0.3, 0.4) is 0 Å². The molecule has 0 amide bonds. The molecule has 0 aliphatic rings. The van der Waals surface area contributed by atoms with Crippen LogP contribution in [0.25, 0.3) is 11.1 Å². The highest BCUT2D eigenvalue weighted by Gasteiger charge is 2.11. The molecule has 2 aromatic rings. The van der Waals surface area contributed by atoms with E-state index in [1.807, 2.05) is 43.3 Å². The molecule has 17 heavy (non-hydrogen) atoms. The number of para-hydroxylation sites is 1. The Morgan fingerprint density at radius 1 is 1.00 bits per heavy atom. The minimum absolute atomic E-state index is 0.577. The van der Waals surface area contributed by atoms with E-state index in [1.165, 1.54) is 0 Å². The van der Waals surface area contributed by atoms with Crippen LogP contribution in [0.15, 0.2) is 42.5 Å². The largest absolute Gasteiger partial charge is 0.495 e. The summed E-state index contributed by atoms with van der Waals surface area (Å²) in [5, 5.41) is 0. The van der Waals surface area contributed by atoms with Gasteiger partial charge in [-0.15, -0.1) is 0 Å². The summed E-state index contributed by atoms with van der Waals surface area (Å²) < 4.78 is 5.35. The number of carbonyl (C=O) groups excluding carboxylic acids is 1. The lowest BCUT2D eigenvalue weighted by Crippen LogP contribution is -1.94. The van der Waals surface area contributed by atoms with E-state index in [2.05, 4.69) is 0 Å². The van der Waals surface area contributed by atoms with E-state index in [0.717, 1.165) is 23.0 Å². The zero-order valence-corrected chi connectivity index (χ0v) is 9.94. The normalized spacial score (nSPS) is 10.0. The summed E-state index contributed by atoms with van der Waals surface area (Å²) >= 11 is 0. The Bertz CT molecular complexity index is 544. The minimum atomic E-state index is 0.577. The quantitative estimate of drug-likeness (QED) is 0.749. The smallest absolute Gasteiger partial charge is 0.153 e. The van der Waals surface area contributed by atoms with Crippen LogP contribution < -0.4 is 4.74 Å². The van der Waals surface area contributed by atoms with Crippen LogP contribution in [0.5, 0.6) is 5.75 Å². The van der Waals surface area contributed by atoms with E-state index in [1.54, 1.807) is 13.2 Å². The second-order valence-corrected chi connectivity index (χ2v) is 3.86. The zero-order chi connectivity index (χ0) is 12.3. The lowest BCUT2D eigenvalue weighted by atomic mass is 9.98. The fourth-order valence-electron chi connectivity index (χ4n) is 1.96. The van der Waals surface area contributed by atoms with Crippen molar-refractivity contribution >= 4 is 6.29 Å². The number of aldehydes is 1. The van der Waals surface area contributed by atoms with Gasteiger partial charge in [-0.1, -0.05) is 36.4 Å². The summed E-state index contributed by atoms with van der Waals surface area (Å²) in [6.45, 7) is 2.04. The third-order valence-electron chi connectivity index (χ3n) is 2.81. The van der Waals surface area contributed by atoms with Gasteiger partial charge in [-0.05, 0) is 24.1 Å². The maximum Gasteiger partial charge on any atom is 0.153 e. The molecule has 0 radical (unpaired) electrons. The van der Waals surface area contributed by atoms with E-state index in [9.17, 15) is 4.79 Å². The van der Waals surface area contributed by atoms with Gasteiger partial charge in [0.25, 0.3) is 0 Å². The monoisotopic (exact) mass is 226 g/mol. The van der Waals surface area contributed by atoms with Gasteiger partial charge in [-0.2, -0.15) is 0 Å². The number of aryl methyl sites for hydroxylation is 1. The van der Waals surface area contributed by atoms with Crippen molar-refractivity contribution in [1.82, 2.24) is 0 Å². The highest BCUT2D eigenvalue weighted by Crippen LogP contribution is 2.33. The van der Waals surface area contributed by atoms with Gasteiger partial charge >= 0.3 is 0 Å². The standard InChI is InChI=1S/C15H14O2/c1-11-6-3-4-8-13(11)14-9-5-7-12(10-16)15(14)17-2/h3-10H,1-2H3. The summed E-state index contributed by atoms with van der Waals surface area (Å²) in [6.07, 6.45) is 0.820. The molecule has 0 aliphatic heterocycles. The molecule has 0 aliphatic carbocycles. The highest BCUT2D eigenvalue weighted by molar-refractivity contribution is 5.86. The average Bonchev–Trinajstić information content (AvgIpc) is 2.38. The molecule has 2 heteroatoms. The molecule has 0 fully saturated rings. The van der Waals surface area contributed by atoms with Gasteiger partial charge in [-0.25, -0.2) is 0 Å². The molecule has 0 heterocycles. The van der Waals surface area contributed by atoms with Crippen molar-refractivity contribution < 1.29 is 9.53 Å². The highest BCUT2D eigenvalue weighted by atomic mass is 16.5. The van der Waals surface area contributed by atoms with E-state index >= 15 is 0 Å². The van der Waals surface area contributed by atoms with E-state index < -0.39 is 0 Å². The molecule has 0 spiro atoms. The molecule has 0 N–H and O–H groups in total. The first-order chi connectivity index (χ1) is 8.27. The molecule has 2 aromatic carbocycles. The van der Waals surface area contributed by atoms with Crippen molar-refractivity contribution in [3.63, 3.8) is 0 Å². The molecule has 0 saturated carbocycles. The Morgan fingerprint density at radius 3 is 2.35 bits per heavy atom. The summed E-state index contributed by atoms with van der Waals surface area (Å²) in [5.41, 5.74) is 3.78. The number of hydrogen-bond donors (Lipinski definition) is 0. The first-order valence-electron chi connectivity index (χ1n) is 5.46. The maximum atomic E-state index is 11.0. The number of rotatable bonds is 3. The number of benzene rings is 2.